The second-order valence-electron chi connectivity index (χ2n) is 10.1. The lowest BCUT2D eigenvalue weighted by Crippen LogP contribution is -2.28. The first-order chi connectivity index (χ1) is 20.5. The molecule has 8 atom stereocenters. The largest absolute Gasteiger partial charge is 0.386 e. The highest BCUT2D eigenvalue weighted by atomic mass is 32.7. The normalized spacial score (nSPS) is 36.6. The number of nitrogens with two attached hydrogens (primary N) is 1. The summed E-state index contributed by atoms with van der Waals surface area (Å²) in [5.41, 5.74) is 5.47. The summed E-state index contributed by atoms with van der Waals surface area (Å²) in [6.07, 6.45) is -0.737. The average molecular weight is 675 g/mol. The third-order valence-corrected chi connectivity index (χ3v) is 10.5. The van der Waals surface area contributed by atoms with Crippen molar-refractivity contribution in [2.45, 2.75) is 56.1 Å². The maximum absolute atomic E-state index is 13.5. The number of aliphatic imine (C=N–C) groups is 1. The molecule has 0 radical (unpaired) electrons. The van der Waals surface area contributed by atoms with E-state index in [1.807, 2.05) is 0 Å². The number of nitrogen functional groups attached to an aromatic ring is 1. The molecule has 4 aliphatic rings. The maximum Gasteiger partial charge on any atom is 0.386 e. The van der Waals surface area contributed by atoms with E-state index in [1.165, 1.54) is 23.4 Å². The summed E-state index contributed by atoms with van der Waals surface area (Å²) in [6, 6.07) is 0. The summed E-state index contributed by atoms with van der Waals surface area (Å²) in [6.45, 7) is -8.69. The molecule has 0 aromatic carbocycles. The molecule has 7 heterocycles. The highest BCUT2D eigenvalue weighted by Gasteiger charge is 2.47. The molecular formula is C21H24N8O10P2S2. The fraction of sp³-hybridized carbons (Fsp3) is 0.524. The zero-order valence-electron chi connectivity index (χ0n) is 21.9. The maximum atomic E-state index is 13.5. The molecule has 22 heteroatoms. The zero-order valence-corrected chi connectivity index (χ0v) is 25.4. The van der Waals surface area contributed by atoms with Gasteiger partial charge in [-0.05, 0) is 0 Å². The summed E-state index contributed by atoms with van der Waals surface area (Å²) in [4.78, 5) is 43.6. The van der Waals surface area contributed by atoms with Crippen molar-refractivity contribution in [2.24, 2.45) is 4.99 Å². The van der Waals surface area contributed by atoms with Crippen molar-refractivity contribution in [1.29, 1.82) is 0 Å². The van der Waals surface area contributed by atoms with Gasteiger partial charge >= 0.3 is 13.6 Å². The Morgan fingerprint density at radius 1 is 0.953 bits per heavy atom. The monoisotopic (exact) mass is 674 g/mol. The van der Waals surface area contributed by atoms with E-state index in [0.29, 0.717) is 5.82 Å². The van der Waals surface area contributed by atoms with Crippen LogP contribution in [0.5, 0.6) is 0 Å². The van der Waals surface area contributed by atoms with Gasteiger partial charge in [-0.3, -0.25) is 41.8 Å². The van der Waals surface area contributed by atoms with E-state index in [4.69, 9.17) is 33.3 Å². The number of hydrogen-bond donors (Lipinski definition) is 4. The van der Waals surface area contributed by atoms with E-state index in [0.717, 1.165) is 0 Å². The summed E-state index contributed by atoms with van der Waals surface area (Å²) >= 11 is 8.33. The van der Waals surface area contributed by atoms with E-state index in [1.54, 1.807) is 4.57 Å². The van der Waals surface area contributed by atoms with Crippen molar-refractivity contribution in [3.8, 4) is 0 Å². The van der Waals surface area contributed by atoms with Crippen molar-refractivity contribution >= 4 is 73.0 Å². The van der Waals surface area contributed by atoms with Gasteiger partial charge in [-0.1, -0.05) is 24.5 Å². The Morgan fingerprint density at radius 3 is 2.51 bits per heavy atom. The Hall–Kier alpha value is -2.38. The Balaban J connectivity index is 1.16. The minimum atomic E-state index is -4.09. The molecule has 1 unspecified atom stereocenters. The summed E-state index contributed by atoms with van der Waals surface area (Å²) < 4.78 is 64.8. The first-order valence-electron chi connectivity index (χ1n) is 12.9. The Labute approximate surface area is 252 Å². The molecule has 3 saturated heterocycles. The topological polar surface area (TPSA) is 226 Å². The van der Waals surface area contributed by atoms with Crippen LogP contribution in [0.4, 0.5) is 11.8 Å². The molecule has 3 aromatic rings. The van der Waals surface area contributed by atoms with Gasteiger partial charge in [0.1, 0.15) is 24.5 Å². The number of ether oxygens (including phenoxy) is 2. The Bertz CT molecular complexity index is 1800. The number of Topliss-reactive ketones (excluding diaryl/α,β-unsaturated/α-hetero) is 1. The third kappa shape index (κ3) is 5.65. The predicted molar refractivity (Wildman–Crippen MR) is 154 cm³/mol. The van der Waals surface area contributed by atoms with Gasteiger partial charge in [-0.15, -0.1) is 0 Å². The highest BCUT2D eigenvalue weighted by Crippen LogP contribution is 2.60. The third-order valence-electron chi connectivity index (χ3n) is 7.25. The average Bonchev–Trinajstić information content (AvgIpc) is 3.71. The minimum absolute atomic E-state index is 0.00240. The van der Waals surface area contributed by atoms with Crippen LogP contribution in [-0.2, 0) is 36.7 Å². The fourth-order valence-electron chi connectivity index (χ4n) is 5.37. The van der Waals surface area contributed by atoms with Gasteiger partial charge in [-0.2, -0.15) is 4.98 Å². The molecule has 7 rings (SSSR count). The SMILES string of the molecule is Nc1nc2c(ncn2[C@@H]2O[C@@H]3COP(=O)(S)O[C@H]4C[C@H](n5cnc6c5N=CCC6=O)O[C@@H]4CO[P@@](=O)(S)O[C@@H]2C3)c(=O)[nH]1. The number of fused-ring (bicyclic) bond motifs is 5. The molecule has 4 aliphatic heterocycles. The molecular weight excluding hydrogens is 650 g/mol. The lowest BCUT2D eigenvalue weighted by Gasteiger charge is -2.26. The van der Waals surface area contributed by atoms with E-state index >= 15 is 0 Å². The predicted octanol–water partition coefficient (Wildman–Crippen LogP) is 2.36. The number of H-pyrrole nitrogens is 1. The summed E-state index contributed by atoms with van der Waals surface area (Å²) in [7, 11) is 0. The van der Waals surface area contributed by atoms with Crippen LogP contribution in [0.25, 0.3) is 11.2 Å². The molecule has 43 heavy (non-hydrogen) atoms. The molecule has 3 N–H and O–H groups in total. The van der Waals surface area contributed by atoms with Crippen LogP contribution in [0.3, 0.4) is 0 Å². The van der Waals surface area contributed by atoms with Gasteiger partial charge in [-0.25, -0.2) is 24.1 Å². The lowest BCUT2D eigenvalue weighted by atomic mass is 10.2. The quantitative estimate of drug-likeness (QED) is 0.226. The number of thiol groups is 2. The van der Waals surface area contributed by atoms with Gasteiger partial charge in [0, 0.05) is 25.5 Å². The van der Waals surface area contributed by atoms with Crippen LogP contribution in [0, 0.1) is 0 Å². The molecule has 0 saturated carbocycles. The first-order valence-corrected chi connectivity index (χ1v) is 18.3. The number of anilines is 1. The lowest BCUT2D eigenvalue weighted by molar-refractivity contribution is -0.0558. The summed E-state index contributed by atoms with van der Waals surface area (Å²) in [5, 5.41) is 0. The zero-order chi connectivity index (χ0) is 30.1. The summed E-state index contributed by atoms with van der Waals surface area (Å²) in [5.74, 6) is -0.0168. The van der Waals surface area contributed by atoms with Gasteiger partial charge < -0.3 is 15.2 Å². The second kappa shape index (κ2) is 10.9. The van der Waals surface area contributed by atoms with E-state index in [-0.39, 0.29) is 61.1 Å². The molecule has 18 nitrogen and oxygen atoms in total. The number of carbonyl (C=O) groups is 1. The molecule has 2 bridgehead atoms. The Morgan fingerprint density at radius 2 is 1.70 bits per heavy atom. The number of imidazole rings is 2. The standard InChI is InChI=1S/C21H24N8O10P2S2/c22-21-26-18-16(19(31)27-21)25-8-29(18)20-12-3-9(36-20)5-34-40(32,42)38-11-4-14(37-13(11)6-35-41(33,43)39-12)28-7-24-15-10(30)1-2-23-17(15)28/h2,7-9,11-14,20H,1,3-6H2,(H,32,42)(H,33,43)(H3,22,26,27,31)/t9-,11-,12+,13+,14+,20+,40?,41+/m0/s1. The molecule has 230 valence electrons. The van der Waals surface area contributed by atoms with E-state index in [9.17, 15) is 18.7 Å². The molecule has 0 spiro atoms. The molecule has 3 fully saturated rings. The smallest absolute Gasteiger partial charge is 0.369 e. The van der Waals surface area contributed by atoms with Crippen LogP contribution >= 0.6 is 38.1 Å². The number of hydrogen-bond acceptors (Lipinski definition) is 15. The van der Waals surface area contributed by atoms with Crippen LogP contribution in [0.1, 0.15) is 42.2 Å². The number of aromatic nitrogens is 6. The van der Waals surface area contributed by atoms with Gasteiger partial charge in [0.25, 0.3) is 5.56 Å². The minimum Gasteiger partial charge on any atom is -0.369 e. The van der Waals surface area contributed by atoms with Crippen molar-refractivity contribution < 1.29 is 41.5 Å². The number of carbonyl (C=O) groups excluding carboxylic acids is 1. The van der Waals surface area contributed by atoms with Crippen molar-refractivity contribution in [2.75, 3.05) is 18.9 Å². The van der Waals surface area contributed by atoms with Crippen LogP contribution in [0.15, 0.2) is 22.4 Å². The van der Waals surface area contributed by atoms with Crippen LogP contribution in [0.2, 0.25) is 0 Å². The first kappa shape index (κ1) is 29.3. The fourth-order valence-corrected chi connectivity index (χ4v) is 8.41. The van der Waals surface area contributed by atoms with E-state index < -0.39 is 56.0 Å². The van der Waals surface area contributed by atoms with Crippen LogP contribution in [-0.4, -0.2) is 78.7 Å². The number of ketones is 1. The van der Waals surface area contributed by atoms with Gasteiger partial charge in [0.05, 0.1) is 32.0 Å². The molecule has 3 aromatic heterocycles. The Kier molecular flexibility index (Phi) is 7.44. The number of rotatable bonds is 2. The van der Waals surface area contributed by atoms with Crippen molar-refractivity contribution in [3.05, 3.63) is 28.7 Å². The highest BCUT2D eigenvalue weighted by molar-refractivity contribution is 8.44. The molecule has 0 aliphatic carbocycles. The number of nitrogens with zero attached hydrogens (tertiary/aromatic N) is 6. The van der Waals surface area contributed by atoms with Gasteiger partial charge in [0.15, 0.2) is 34.7 Å². The molecule has 0 amide bonds. The second-order valence-corrected chi connectivity index (χ2v) is 15.9. The van der Waals surface area contributed by atoms with Gasteiger partial charge in [0.2, 0.25) is 5.95 Å². The van der Waals surface area contributed by atoms with Crippen molar-refractivity contribution in [1.82, 2.24) is 29.1 Å². The van der Waals surface area contributed by atoms with Crippen LogP contribution < -0.4 is 11.3 Å². The number of nitrogens with one attached hydrogen (secondary N) is 1. The van der Waals surface area contributed by atoms with Crippen molar-refractivity contribution in [3.63, 3.8) is 0 Å². The number of aromatic amines is 1. The van der Waals surface area contributed by atoms with E-state index in [2.05, 4.69) is 49.4 Å².